The van der Waals surface area contributed by atoms with Crippen molar-refractivity contribution in [3.63, 3.8) is 0 Å². The number of hydrogen-bond donors (Lipinski definition) is 1. The van der Waals surface area contributed by atoms with E-state index in [0.717, 1.165) is 31.7 Å². The van der Waals surface area contributed by atoms with E-state index in [9.17, 15) is 4.79 Å². The zero-order valence-electron chi connectivity index (χ0n) is 10.3. The maximum absolute atomic E-state index is 12.6. The van der Waals surface area contributed by atoms with Crippen LogP contribution in [0.15, 0.2) is 29.2 Å². The Bertz CT molecular complexity index is 463. The first kappa shape index (κ1) is 12.1. The molecule has 0 aromatic heterocycles. The highest BCUT2D eigenvalue weighted by Gasteiger charge is 2.33. The number of amides is 1. The summed E-state index contributed by atoms with van der Waals surface area (Å²) in [5.74, 6) is 1.18. The number of likely N-dealkylation sites (tertiary alicyclic amines) is 1. The van der Waals surface area contributed by atoms with Crippen LogP contribution in [0.3, 0.4) is 0 Å². The van der Waals surface area contributed by atoms with Crippen molar-refractivity contribution in [3.05, 3.63) is 29.8 Å². The number of fused-ring (bicyclic) bond motifs is 1. The highest BCUT2D eigenvalue weighted by Crippen LogP contribution is 2.40. The second-order valence-electron chi connectivity index (χ2n) is 5.09. The summed E-state index contributed by atoms with van der Waals surface area (Å²) in [4.78, 5) is 15.8. The molecule has 0 spiro atoms. The standard InChI is InChI=1S/C14H18N2OS/c15-10-4-3-7-16(8-10)14(17)12-9-18-13-6-2-1-5-11(12)13/h1-2,5-6,10,12H,3-4,7-9,15H2/t10-,12?/m1/s1. The monoisotopic (exact) mass is 262 g/mol. The van der Waals surface area contributed by atoms with E-state index in [1.54, 1.807) is 11.8 Å². The Morgan fingerprint density at radius 3 is 3.06 bits per heavy atom. The van der Waals surface area contributed by atoms with Crippen molar-refractivity contribution in [2.24, 2.45) is 5.73 Å². The molecule has 2 atom stereocenters. The Kier molecular flexibility index (Phi) is 3.31. The van der Waals surface area contributed by atoms with Gasteiger partial charge in [-0.1, -0.05) is 18.2 Å². The number of nitrogens with two attached hydrogens (primary N) is 1. The average Bonchev–Trinajstić information content (AvgIpc) is 2.82. The number of benzene rings is 1. The Morgan fingerprint density at radius 2 is 2.22 bits per heavy atom. The molecule has 1 amide bonds. The lowest BCUT2D eigenvalue weighted by Gasteiger charge is -2.32. The van der Waals surface area contributed by atoms with Crippen molar-refractivity contribution in [1.82, 2.24) is 4.90 Å². The van der Waals surface area contributed by atoms with Crippen LogP contribution in [0.5, 0.6) is 0 Å². The topological polar surface area (TPSA) is 46.3 Å². The van der Waals surface area contributed by atoms with Crippen molar-refractivity contribution in [1.29, 1.82) is 0 Å². The normalized spacial score (nSPS) is 27.1. The van der Waals surface area contributed by atoms with E-state index in [1.165, 1.54) is 10.5 Å². The van der Waals surface area contributed by atoms with Crippen LogP contribution in [-0.2, 0) is 4.79 Å². The fourth-order valence-corrected chi connectivity index (χ4v) is 4.02. The molecule has 1 saturated heterocycles. The summed E-state index contributed by atoms with van der Waals surface area (Å²) < 4.78 is 0. The van der Waals surface area contributed by atoms with Crippen LogP contribution in [0.1, 0.15) is 24.3 Å². The molecule has 3 nitrogen and oxygen atoms in total. The second-order valence-corrected chi connectivity index (χ2v) is 6.15. The van der Waals surface area contributed by atoms with Crippen molar-refractivity contribution in [3.8, 4) is 0 Å². The third-order valence-corrected chi connectivity index (χ3v) is 4.95. The minimum Gasteiger partial charge on any atom is -0.341 e. The van der Waals surface area contributed by atoms with Gasteiger partial charge >= 0.3 is 0 Å². The predicted molar refractivity (Wildman–Crippen MR) is 73.7 cm³/mol. The largest absolute Gasteiger partial charge is 0.341 e. The number of hydrogen-bond acceptors (Lipinski definition) is 3. The lowest BCUT2D eigenvalue weighted by molar-refractivity contribution is -0.133. The van der Waals surface area contributed by atoms with E-state index in [4.69, 9.17) is 5.73 Å². The molecule has 2 heterocycles. The Hall–Kier alpha value is -1.00. The van der Waals surface area contributed by atoms with Crippen LogP contribution in [-0.4, -0.2) is 35.7 Å². The van der Waals surface area contributed by atoms with Gasteiger partial charge in [0.05, 0.1) is 5.92 Å². The number of carbonyl (C=O) groups is 1. The first-order valence-electron chi connectivity index (χ1n) is 6.52. The number of nitrogens with zero attached hydrogens (tertiary/aromatic N) is 1. The Labute approximate surface area is 112 Å². The summed E-state index contributed by atoms with van der Waals surface area (Å²) in [6.07, 6.45) is 2.08. The number of piperidine rings is 1. The molecule has 1 aromatic carbocycles. The van der Waals surface area contributed by atoms with Crippen LogP contribution in [0.2, 0.25) is 0 Å². The van der Waals surface area contributed by atoms with E-state index in [0.29, 0.717) is 0 Å². The minimum atomic E-state index is 0.0384. The molecule has 18 heavy (non-hydrogen) atoms. The molecule has 96 valence electrons. The van der Waals surface area contributed by atoms with Crippen LogP contribution in [0, 0.1) is 0 Å². The highest BCUT2D eigenvalue weighted by molar-refractivity contribution is 7.99. The van der Waals surface area contributed by atoms with Crippen LogP contribution >= 0.6 is 11.8 Å². The molecule has 1 aromatic rings. The fourth-order valence-electron chi connectivity index (χ4n) is 2.80. The molecule has 0 saturated carbocycles. The summed E-state index contributed by atoms with van der Waals surface area (Å²) in [5.41, 5.74) is 7.16. The quantitative estimate of drug-likeness (QED) is 0.840. The molecule has 0 radical (unpaired) electrons. The van der Waals surface area contributed by atoms with Gasteiger partial charge in [0.2, 0.25) is 5.91 Å². The molecular formula is C14H18N2OS. The summed E-state index contributed by atoms with van der Waals surface area (Å²) in [6.45, 7) is 1.60. The lowest BCUT2D eigenvalue weighted by atomic mass is 9.98. The van der Waals surface area contributed by atoms with Crippen molar-refractivity contribution < 1.29 is 4.79 Å². The molecule has 1 unspecified atom stereocenters. The molecule has 1 fully saturated rings. The van der Waals surface area contributed by atoms with Gasteiger partial charge in [0, 0.05) is 29.8 Å². The van der Waals surface area contributed by atoms with Crippen LogP contribution in [0.4, 0.5) is 0 Å². The maximum atomic E-state index is 12.6. The smallest absolute Gasteiger partial charge is 0.231 e. The molecule has 0 aliphatic carbocycles. The lowest BCUT2D eigenvalue weighted by Crippen LogP contribution is -2.47. The summed E-state index contributed by atoms with van der Waals surface area (Å²) in [7, 11) is 0. The molecule has 2 N–H and O–H groups in total. The van der Waals surface area contributed by atoms with Gasteiger partial charge in [-0.25, -0.2) is 0 Å². The molecular weight excluding hydrogens is 244 g/mol. The summed E-state index contributed by atoms with van der Waals surface area (Å²) in [6, 6.07) is 8.41. The third-order valence-electron chi connectivity index (χ3n) is 3.77. The number of thioether (sulfide) groups is 1. The Balaban J connectivity index is 1.78. The van der Waals surface area contributed by atoms with Gasteiger partial charge < -0.3 is 10.6 Å². The maximum Gasteiger partial charge on any atom is 0.231 e. The molecule has 3 rings (SSSR count). The van der Waals surface area contributed by atoms with E-state index >= 15 is 0 Å². The second kappa shape index (κ2) is 4.94. The van der Waals surface area contributed by atoms with E-state index < -0.39 is 0 Å². The Morgan fingerprint density at radius 1 is 1.39 bits per heavy atom. The van der Waals surface area contributed by atoms with Gasteiger partial charge in [-0.3, -0.25) is 4.79 Å². The van der Waals surface area contributed by atoms with Gasteiger partial charge in [0.1, 0.15) is 0 Å². The van der Waals surface area contributed by atoms with Crippen molar-refractivity contribution in [2.75, 3.05) is 18.8 Å². The highest BCUT2D eigenvalue weighted by atomic mass is 32.2. The fraction of sp³-hybridized carbons (Fsp3) is 0.500. The summed E-state index contributed by atoms with van der Waals surface area (Å²) in [5, 5.41) is 0. The van der Waals surface area contributed by atoms with E-state index in [-0.39, 0.29) is 17.9 Å². The van der Waals surface area contributed by atoms with Gasteiger partial charge in [-0.2, -0.15) is 0 Å². The molecule has 2 aliphatic rings. The number of carbonyl (C=O) groups excluding carboxylic acids is 1. The predicted octanol–water partition coefficient (Wildman–Crippen LogP) is 1.83. The van der Waals surface area contributed by atoms with Gasteiger partial charge in [0.15, 0.2) is 0 Å². The minimum absolute atomic E-state index is 0.0384. The van der Waals surface area contributed by atoms with Gasteiger partial charge in [-0.05, 0) is 24.5 Å². The first-order valence-corrected chi connectivity index (χ1v) is 7.50. The van der Waals surface area contributed by atoms with Gasteiger partial charge in [0.25, 0.3) is 0 Å². The SMILES string of the molecule is N[C@@H]1CCCN(C(=O)C2CSc3ccccc32)C1. The van der Waals surface area contributed by atoms with Crippen LogP contribution < -0.4 is 5.73 Å². The third kappa shape index (κ3) is 2.15. The molecule has 4 heteroatoms. The van der Waals surface area contributed by atoms with Crippen molar-refractivity contribution >= 4 is 17.7 Å². The van der Waals surface area contributed by atoms with Crippen molar-refractivity contribution in [2.45, 2.75) is 29.7 Å². The molecule has 2 aliphatic heterocycles. The van der Waals surface area contributed by atoms with E-state index in [1.807, 2.05) is 17.0 Å². The zero-order chi connectivity index (χ0) is 12.5. The summed E-state index contributed by atoms with van der Waals surface area (Å²) >= 11 is 1.79. The van der Waals surface area contributed by atoms with Gasteiger partial charge in [-0.15, -0.1) is 11.8 Å². The van der Waals surface area contributed by atoms with Crippen LogP contribution in [0.25, 0.3) is 0 Å². The first-order chi connectivity index (χ1) is 8.75. The molecule has 0 bridgehead atoms. The zero-order valence-corrected chi connectivity index (χ0v) is 11.2. The number of rotatable bonds is 1. The van der Waals surface area contributed by atoms with E-state index in [2.05, 4.69) is 12.1 Å². The average molecular weight is 262 g/mol.